The fourth-order valence-electron chi connectivity index (χ4n) is 2.25. The molecule has 0 saturated heterocycles. The van der Waals surface area contributed by atoms with Crippen molar-refractivity contribution in [2.24, 2.45) is 0 Å². The average molecular weight is 359 g/mol. The van der Waals surface area contributed by atoms with Crippen molar-refractivity contribution in [2.75, 3.05) is 52.0 Å². The van der Waals surface area contributed by atoms with Crippen LogP contribution in [0.5, 0.6) is 11.5 Å². The SMILES string of the molecule is COc1ccc(NC(=O)c2ccc(NCCCN(C)C)nn2)c(OC)c1. The third-order valence-electron chi connectivity index (χ3n) is 3.64. The minimum Gasteiger partial charge on any atom is -0.497 e. The third kappa shape index (κ3) is 5.59. The molecule has 0 aliphatic heterocycles. The largest absolute Gasteiger partial charge is 0.497 e. The van der Waals surface area contributed by atoms with Crippen LogP contribution in [0.2, 0.25) is 0 Å². The molecule has 1 amide bonds. The molecule has 0 aliphatic rings. The van der Waals surface area contributed by atoms with Crippen LogP contribution in [0.25, 0.3) is 0 Å². The van der Waals surface area contributed by atoms with Crippen LogP contribution in [-0.4, -0.2) is 62.4 Å². The lowest BCUT2D eigenvalue weighted by Gasteiger charge is -2.11. The number of anilines is 2. The lowest BCUT2D eigenvalue weighted by Crippen LogP contribution is -2.17. The van der Waals surface area contributed by atoms with Gasteiger partial charge in [-0.05, 0) is 51.3 Å². The highest BCUT2D eigenvalue weighted by Crippen LogP contribution is 2.29. The fraction of sp³-hybridized carbons (Fsp3) is 0.389. The Kier molecular flexibility index (Phi) is 7.16. The van der Waals surface area contributed by atoms with Gasteiger partial charge in [0.25, 0.3) is 5.91 Å². The van der Waals surface area contributed by atoms with Crippen LogP contribution in [0, 0.1) is 0 Å². The summed E-state index contributed by atoms with van der Waals surface area (Å²) in [7, 11) is 7.16. The van der Waals surface area contributed by atoms with Gasteiger partial charge in [-0.3, -0.25) is 4.79 Å². The molecule has 1 aromatic carbocycles. The number of hydrogen-bond donors (Lipinski definition) is 2. The van der Waals surface area contributed by atoms with E-state index in [9.17, 15) is 4.79 Å². The topological polar surface area (TPSA) is 88.6 Å². The quantitative estimate of drug-likeness (QED) is 0.663. The van der Waals surface area contributed by atoms with Crippen molar-refractivity contribution in [2.45, 2.75) is 6.42 Å². The number of aromatic nitrogens is 2. The summed E-state index contributed by atoms with van der Waals surface area (Å²) in [5, 5.41) is 14.0. The van der Waals surface area contributed by atoms with E-state index >= 15 is 0 Å². The van der Waals surface area contributed by atoms with Crippen molar-refractivity contribution in [3.05, 3.63) is 36.0 Å². The van der Waals surface area contributed by atoms with Crippen LogP contribution in [0.3, 0.4) is 0 Å². The first-order chi connectivity index (χ1) is 12.5. The van der Waals surface area contributed by atoms with Crippen molar-refractivity contribution in [1.82, 2.24) is 15.1 Å². The summed E-state index contributed by atoms with van der Waals surface area (Å²) in [4.78, 5) is 14.5. The Bertz CT molecular complexity index is 719. The lowest BCUT2D eigenvalue weighted by atomic mass is 10.2. The predicted octanol–water partition coefficient (Wildman–Crippen LogP) is 2.11. The monoisotopic (exact) mass is 359 g/mol. The Hall–Kier alpha value is -2.87. The molecule has 0 saturated carbocycles. The third-order valence-corrected chi connectivity index (χ3v) is 3.64. The Morgan fingerprint density at radius 1 is 1.12 bits per heavy atom. The van der Waals surface area contributed by atoms with E-state index in [2.05, 4.69) is 25.7 Å². The summed E-state index contributed by atoms with van der Waals surface area (Å²) in [6, 6.07) is 8.52. The number of carbonyl (C=O) groups excluding carboxylic acids is 1. The molecule has 140 valence electrons. The number of nitrogens with zero attached hydrogens (tertiary/aromatic N) is 3. The van der Waals surface area contributed by atoms with E-state index in [0.29, 0.717) is 23.0 Å². The summed E-state index contributed by atoms with van der Waals surface area (Å²) in [6.45, 7) is 1.78. The molecule has 26 heavy (non-hydrogen) atoms. The van der Waals surface area contributed by atoms with Gasteiger partial charge in [-0.25, -0.2) is 0 Å². The van der Waals surface area contributed by atoms with E-state index in [0.717, 1.165) is 19.5 Å². The molecule has 0 spiro atoms. The van der Waals surface area contributed by atoms with Gasteiger partial charge in [-0.2, -0.15) is 0 Å². The number of ether oxygens (including phenoxy) is 2. The van der Waals surface area contributed by atoms with Gasteiger partial charge in [-0.15, -0.1) is 10.2 Å². The van der Waals surface area contributed by atoms with Gasteiger partial charge in [0, 0.05) is 12.6 Å². The standard InChI is InChI=1S/C18H25N5O3/c1-23(2)11-5-10-19-17-9-8-15(21-22-17)18(24)20-14-7-6-13(25-3)12-16(14)26-4/h6-9,12H,5,10-11H2,1-4H3,(H,19,22)(H,20,24). The summed E-state index contributed by atoms with van der Waals surface area (Å²) in [5.74, 6) is 1.43. The molecule has 0 unspecified atom stereocenters. The zero-order valence-electron chi connectivity index (χ0n) is 15.6. The van der Waals surface area contributed by atoms with Gasteiger partial charge in [0.1, 0.15) is 17.3 Å². The zero-order valence-corrected chi connectivity index (χ0v) is 15.6. The number of amides is 1. The smallest absolute Gasteiger partial charge is 0.276 e. The second-order valence-corrected chi connectivity index (χ2v) is 5.91. The number of methoxy groups -OCH3 is 2. The highest BCUT2D eigenvalue weighted by atomic mass is 16.5. The number of hydrogen-bond acceptors (Lipinski definition) is 7. The van der Waals surface area contributed by atoms with Crippen LogP contribution in [0.15, 0.2) is 30.3 Å². The number of nitrogens with one attached hydrogen (secondary N) is 2. The number of carbonyl (C=O) groups is 1. The van der Waals surface area contributed by atoms with Crippen LogP contribution < -0.4 is 20.1 Å². The predicted molar refractivity (Wildman–Crippen MR) is 101 cm³/mol. The van der Waals surface area contributed by atoms with Crippen molar-refractivity contribution in [1.29, 1.82) is 0 Å². The fourth-order valence-corrected chi connectivity index (χ4v) is 2.25. The number of rotatable bonds is 9. The highest BCUT2D eigenvalue weighted by Gasteiger charge is 2.12. The van der Waals surface area contributed by atoms with E-state index in [-0.39, 0.29) is 11.6 Å². The van der Waals surface area contributed by atoms with E-state index in [1.54, 1.807) is 37.4 Å². The minimum absolute atomic E-state index is 0.224. The second-order valence-electron chi connectivity index (χ2n) is 5.91. The van der Waals surface area contributed by atoms with Gasteiger partial charge in [0.15, 0.2) is 5.69 Å². The summed E-state index contributed by atoms with van der Waals surface area (Å²) in [5.41, 5.74) is 0.757. The first-order valence-electron chi connectivity index (χ1n) is 8.29. The van der Waals surface area contributed by atoms with E-state index in [1.165, 1.54) is 7.11 Å². The van der Waals surface area contributed by atoms with E-state index in [1.807, 2.05) is 14.1 Å². The first kappa shape index (κ1) is 19.5. The normalized spacial score (nSPS) is 10.5. The molecule has 2 N–H and O–H groups in total. The second kappa shape index (κ2) is 9.57. The Morgan fingerprint density at radius 3 is 2.54 bits per heavy atom. The minimum atomic E-state index is -0.361. The van der Waals surface area contributed by atoms with Crippen molar-refractivity contribution in [3.8, 4) is 11.5 Å². The van der Waals surface area contributed by atoms with Crippen molar-refractivity contribution in [3.63, 3.8) is 0 Å². The highest BCUT2D eigenvalue weighted by molar-refractivity contribution is 6.03. The Balaban J connectivity index is 1.95. The molecule has 0 atom stereocenters. The molecule has 1 aromatic heterocycles. The molecule has 8 nitrogen and oxygen atoms in total. The van der Waals surface area contributed by atoms with Gasteiger partial charge in [-0.1, -0.05) is 0 Å². The summed E-state index contributed by atoms with van der Waals surface area (Å²) in [6.07, 6.45) is 0.994. The van der Waals surface area contributed by atoms with Crippen LogP contribution in [0.4, 0.5) is 11.5 Å². The molecule has 0 radical (unpaired) electrons. The van der Waals surface area contributed by atoms with Crippen molar-refractivity contribution < 1.29 is 14.3 Å². The Labute approximate surface area is 153 Å². The maximum Gasteiger partial charge on any atom is 0.276 e. The summed E-state index contributed by atoms with van der Waals surface area (Å²) < 4.78 is 10.4. The molecular formula is C18H25N5O3. The van der Waals surface area contributed by atoms with E-state index in [4.69, 9.17) is 9.47 Å². The molecule has 2 aromatic rings. The van der Waals surface area contributed by atoms with Crippen molar-refractivity contribution >= 4 is 17.4 Å². The van der Waals surface area contributed by atoms with Gasteiger partial charge in [0.05, 0.1) is 19.9 Å². The molecule has 0 bridgehead atoms. The van der Waals surface area contributed by atoms with Crippen LogP contribution in [0.1, 0.15) is 16.9 Å². The lowest BCUT2D eigenvalue weighted by molar-refractivity contribution is 0.102. The number of benzene rings is 1. The first-order valence-corrected chi connectivity index (χ1v) is 8.29. The maximum atomic E-state index is 12.4. The van der Waals surface area contributed by atoms with E-state index < -0.39 is 0 Å². The van der Waals surface area contributed by atoms with Gasteiger partial charge >= 0.3 is 0 Å². The maximum absolute atomic E-state index is 12.4. The molecule has 8 heteroatoms. The molecule has 2 rings (SSSR count). The van der Waals surface area contributed by atoms with Crippen LogP contribution >= 0.6 is 0 Å². The molecular weight excluding hydrogens is 334 g/mol. The van der Waals surface area contributed by atoms with Gasteiger partial charge in [0.2, 0.25) is 0 Å². The average Bonchev–Trinajstić information content (AvgIpc) is 2.65. The van der Waals surface area contributed by atoms with Crippen LogP contribution in [-0.2, 0) is 0 Å². The Morgan fingerprint density at radius 2 is 1.92 bits per heavy atom. The zero-order chi connectivity index (χ0) is 18.9. The molecule has 0 aliphatic carbocycles. The summed E-state index contributed by atoms with van der Waals surface area (Å²) >= 11 is 0. The van der Waals surface area contributed by atoms with Gasteiger partial charge < -0.3 is 25.0 Å². The molecule has 0 fully saturated rings. The molecule has 1 heterocycles.